The smallest absolute Gasteiger partial charge is 0.274 e. The summed E-state index contributed by atoms with van der Waals surface area (Å²) in [7, 11) is -3.73. The van der Waals surface area contributed by atoms with Crippen molar-refractivity contribution in [3.8, 4) is 10.6 Å². The minimum atomic E-state index is -3.73. The van der Waals surface area contributed by atoms with Gasteiger partial charge in [0.1, 0.15) is 15.8 Å². The van der Waals surface area contributed by atoms with Gasteiger partial charge < -0.3 is 5.32 Å². The summed E-state index contributed by atoms with van der Waals surface area (Å²) in [6, 6.07) is 14.4. The Labute approximate surface area is 183 Å². The third-order valence-corrected chi connectivity index (χ3v) is 6.09. The lowest BCUT2D eigenvalue weighted by molar-refractivity contribution is 0.0934. The van der Waals surface area contributed by atoms with Gasteiger partial charge in [-0.1, -0.05) is 41.7 Å². The van der Waals surface area contributed by atoms with Gasteiger partial charge in [-0.15, -0.1) is 10.2 Å². The van der Waals surface area contributed by atoms with Gasteiger partial charge in [0.2, 0.25) is 0 Å². The fourth-order valence-corrected chi connectivity index (χ4v) is 4.22. The second-order valence-electron chi connectivity index (χ2n) is 6.78. The average molecular weight is 464 g/mol. The molecule has 0 saturated carbocycles. The zero-order chi connectivity index (χ0) is 22.3. The molecule has 2 aromatic carbocycles. The van der Waals surface area contributed by atoms with E-state index >= 15 is 0 Å². The number of unbranched alkanes of at least 4 members (excludes halogenated alkanes) is 1. The molecule has 164 valence electrons. The van der Waals surface area contributed by atoms with Gasteiger partial charge in [0.25, 0.3) is 16.1 Å². The molecule has 0 bridgehead atoms. The molecule has 1 unspecified atom stereocenters. The summed E-state index contributed by atoms with van der Waals surface area (Å²) < 4.78 is 37.4. The maximum atomic E-state index is 13.2. The summed E-state index contributed by atoms with van der Waals surface area (Å²) >= 11 is 1.37. The van der Waals surface area contributed by atoms with E-state index in [-0.39, 0.29) is 12.5 Å². The molecule has 0 aliphatic rings. The predicted molar refractivity (Wildman–Crippen MR) is 117 cm³/mol. The van der Waals surface area contributed by atoms with E-state index in [0.29, 0.717) is 29.8 Å². The molecular formula is C20H22FN5O3S2. The molecule has 1 atom stereocenters. The highest BCUT2D eigenvalue weighted by molar-refractivity contribution is 7.87. The summed E-state index contributed by atoms with van der Waals surface area (Å²) in [5.74, 6) is -0.781. The standard InChI is InChI=1S/C20H22FN5O3S2/c21-16-11-9-14(10-12-16)18(27)24-17(8-4-5-13-23-31(22,28)29)20-26-25-19(30-20)15-6-2-1-3-7-15/h1-3,6-7,9-12,17,23H,4-5,8,13H2,(H,24,27)(H2,22,28,29). The van der Waals surface area contributed by atoms with Gasteiger partial charge >= 0.3 is 0 Å². The highest BCUT2D eigenvalue weighted by Gasteiger charge is 2.20. The molecule has 1 amide bonds. The Morgan fingerprint density at radius 2 is 1.77 bits per heavy atom. The zero-order valence-electron chi connectivity index (χ0n) is 16.5. The Morgan fingerprint density at radius 1 is 1.06 bits per heavy atom. The predicted octanol–water partition coefficient (Wildman–Crippen LogP) is 2.78. The number of hydrogen-bond donors (Lipinski definition) is 3. The van der Waals surface area contributed by atoms with E-state index in [1.54, 1.807) is 0 Å². The summed E-state index contributed by atoms with van der Waals surface area (Å²) in [6.07, 6.45) is 1.66. The van der Waals surface area contributed by atoms with Crippen molar-refractivity contribution in [3.05, 3.63) is 71.0 Å². The third-order valence-electron chi connectivity index (χ3n) is 4.39. The molecule has 0 radical (unpaired) electrons. The first-order chi connectivity index (χ1) is 14.8. The number of nitrogens with zero attached hydrogens (tertiary/aromatic N) is 2. The number of amides is 1. The highest BCUT2D eigenvalue weighted by atomic mass is 32.2. The van der Waals surface area contributed by atoms with Crippen molar-refractivity contribution in [2.45, 2.75) is 25.3 Å². The van der Waals surface area contributed by atoms with Gasteiger partial charge in [-0.3, -0.25) is 4.79 Å². The Hall–Kier alpha value is -2.73. The largest absolute Gasteiger partial charge is 0.343 e. The fraction of sp³-hybridized carbons (Fsp3) is 0.250. The monoisotopic (exact) mass is 463 g/mol. The molecule has 0 aliphatic carbocycles. The molecule has 1 aromatic heterocycles. The van der Waals surface area contributed by atoms with Crippen molar-refractivity contribution in [1.82, 2.24) is 20.2 Å². The molecule has 0 saturated heterocycles. The molecule has 0 fully saturated rings. The number of hydrogen-bond acceptors (Lipinski definition) is 6. The third kappa shape index (κ3) is 7.17. The molecule has 3 rings (SSSR count). The Bertz CT molecular complexity index is 1110. The lowest BCUT2D eigenvalue weighted by Crippen LogP contribution is -2.32. The first-order valence-electron chi connectivity index (χ1n) is 9.54. The van der Waals surface area contributed by atoms with Crippen molar-refractivity contribution in [3.63, 3.8) is 0 Å². The van der Waals surface area contributed by atoms with E-state index in [4.69, 9.17) is 5.14 Å². The van der Waals surface area contributed by atoms with Crippen LogP contribution in [0.5, 0.6) is 0 Å². The number of carbonyl (C=O) groups excluding carboxylic acids is 1. The fourth-order valence-electron chi connectivity index (χ4n) is 2.86. The van der Waals surface area contributed by atoms with Crippen molar-refractivity contribution >= 4 is 27.5 Å². The van der Waals surface area contributed by atoms with Crippen LogP contribution in [0.4, 0.5) is 4.39 Å². The minimum Gasteiger partial charge on any atom is -0.343 e. The van der Waals surface area contributed by atoms with Crippen LogP contribution in [0.3, 0.4) is 0 Å². The quantitative estimate of drug-likeness (QED) is 0.399. The topological polar surface area (TPSA) is 127 Å². The van der Waals surface area contributed by atoms with E-state index < -0.39 is 22.1 Å². The van der Waals surface area contributed by atoms with E-state index in [2.05, 4.69) is 20.2 Å². The SMILES string of the molecule is NS(=O)(=O)NCCCCC(NC(=O)c1ccc(F)cc1)c1nnc(-c2ccccc2)s1. The average Bonchev–Trinajstić information content (AvgIpc) is 3.23. The molecule has 0 spiro atoms. The van der Waals surface area contributed by atoms with Gasteiger partial charge in [0.05, 0.1) is 6.04 Å². The number of rotatable bonds is 10. The Balaban J connectivity index is 1.71. The Morgan fingerprint density at radius 3 is 2.45 bits per heavy atom. The second-order valence-corrected chi connectivity index (χ2v) is 9.17. The normalized spacial score (nSPS) is 12.5. The molecule has 8 nitrogen and oxygen atoms in total. The molecule has 31 heavy (non-hydrogen) atoms. The number of nitrogens with two attached hydrogens (primary N) is 1. The van der Waals surface area contributed by atoms with Crippen LogP contribution in [-0.2, 0) is 10.2 Å². The molecule has 0 aliphatic heterocycles. The van der Waals surface area contributed by atoms with Gasteiger partial charge in [0.15, 0.2) is 0 Å². The molecular weight excluding hydrogens is 441 g/mol. The maximum absolute atomic E-state index is 13.2. The van der Waals surface area contributed by atoms with Crippen molar-refractivity contribution in [2.24, 2.45) is 5.14 Å². The summed E-state index contributed by atoms with van der Waals surface area (Å²) in [4.78, 5) is 12.7. The molecule has 11 heteroatoms. The van der Waals surface area contributed by atoms with E-state index in [1.165, 1.54) is 35.6 Å². The van der Waals surface area contributed by atoms with Crippen molar-refractivity contribution in [2.75, 3.05) is 6.54 Å². The van der Waals surface area contributed by atoms with Gasteiger partial charge in [-0.05, 0) is 43.5 Å². The summed E-state index contributed by atoms with van der Waals surface area (Å²) in [5, 5.41) is 17.7. The van der Waals surface area contributed by atoms with Crippen LogP contribution in [0.1, 0.15) is 40.7 Å². The number of nitrogens with one attached hydrogen (secondary N) is 2. The summed E-state index contributed by atoms with van der Waals surface area (Å²) in [6.45, 7) is 0.197. The zero-order valence-corrected chi connectivity index (χ0v) is 18.1. The van der Waals surface area contributed by atoms with E-state index in [1.807, 2.05) is 30.3 Å². The van der Waals surface area contributed by atoms with Gasteiger partial charge in [0, 0.05) is 17.7 Å². The lowest BCUT2D eigenvalue weighted by Gasteiger charge is -2.16. The first-order valence-corrected chi connectivity index (χ1v) is 11.9. The van der Waals surface area contributed by atoms with Crippen LogP contribution in [-0.4, -0.2) is 31.1 Å². The van der Waals surface area contributed by atoms with Crippen LogP contribution >= 0.6 is 11.3 Å². The first kappa shape index (κ1) is 22.9. The highest BCUT2D eigenvalue weighted by Crippen LogP contribution is 2.29. The molecule has 4 N–H and O–H groups in total. The van der Waals surface area contributed by atoms with Crippen LogP contribution in [0, 0.1) is 5.82 Å². The van der Waals surface area contributed by atoms with Crippen molar-refractivity contribution < 1.29 is 17.6 Å². The number of benzene rings is 2. The minimum absolute atomic E-state index is 0.197. The van der Waals surface area contributed by atoms with Crippen LogP contribution in [0.2, 0.25) is 0 Å². The van der Waals surface area contributed by atoms with Crippen molar-refractivity contribution in [1.29, 1.82) is 0 Å². The van der Waals surface area contributed by atoms with E-state index in [9.17, 15) is 17.6 Å². The molecule has 1 heterocycles. The Kier molecular flexibility index (Phi) is 7.80. The number of aromatic nitrogens is 2. The van der Waals surface area contributed by atoms with E-state index in [0.717, 1.165) is 10.6 Å². The van der Waals surface area contributed by atoms with Crippen LogP contribution < -0.4 is 15.2 Å². The van der Waals surface area contributed by atoms with Crippen LogP contribution in [0.15, 0.2) is 54.6 Å². The maximum Gasteiger partial charge on any atom is 0.274 e. The lowest BCUT2D eigenvalue weighted by atomic mass is 10.1. The van der Waals surface area contributed by atoms with Crippen LogP contribution in [0.25, 0.3) is 10.6 Å². The second kappa shape index (κ2) is 10.5. The summed E-state index contributed by atoms with van der Waals surface area (Å²) in [5.41, 5.74) is 1.25. The number of carbonyl (C=O) groups is 1. The van der Waals surface area contributed by atoms with Gasteiger partial charge in [-0.2, -0.15) is 8.42 Å². The molecule has 3 aromatic rings. The van der Waals surface area contributed by atoms with Gasteiger partial charge in [-0.25, -0.2) is 14.3 Å². The number of halogens is 1.